The molecule has 0 saturated heterocycles. The highest BCUT2D eigenvalue weighted by Crippen LogP contribution is 2.67. The van der Waals surface area contributed by atoms with Gasteiger partial charge in [-0.25, -0.2) is 0 Å². The first-order valence-electron chi connectivity index (χ1n) is 14.4. The van der Waals surface area contributed by atoms with Gasteiger partial charge in [-0.3, -0.25) is 4.79 Å². The van der Waals surface area contributed by atoms with Gasteiger partial charge < -0.3 is 10.4 Å². The maximum Gasteiger partial charge on any atom is 0.220 e. The summed E-state index contributed by atoms with van der Waals surface area (Å²) in [4.78, 5) is 12.0. The third kappa shape index (κ3) is 5.20. The topological polar surface area (TPSA) is 49.3 Å². The zero-order valence-corrected chi connectivity index (χ0v) is 23.8. The first-order chi connectivity index (χ1) is 16.2. The van der Waals surface area contributed by atoms with E-state index in [9.17, 15) is 9.90 Å². The van der Waals surface area contributed by atoms with Crippen LogP contribution < -0.4 is 5.32 Å². The van der Waals surface area contributed by atoms with Crippen LogP contribution in [0.1, 0.15) is 105 Å². The quantitative estimate of drug-likeness (QED) is 0.241. The van der Waals surface area contributed by atoms with E-state index < -0.39 is 0 Å². The molecule has 3 saturated carbocycles. The fraction of sp³-hybridized carbons (Fsp3) is 0.900. The smallest absolute Gasteiger partial charge is 0.220 e. The molecule has 0 aromatic carbocycles. The van der Waals surface area contributed by atoms with Crippen molar-refractivity contribution in [2.45, 2.75) is 111 Å². The lowest BCUT2D eigenvalue weighted by atomic mass is 9.47. The monoisotopic (exact) mass is 535 g/mol. The molecule has 1 unspecified atom stereocenters. The lowest BCUT2D eigenvalue weighted by Gasteiger charge is -2.58. The molecule has 4 heteroatoms. The van der Waals surface area contributed by atoms with E-state index in [-0.39, 0.29) is 12.0 Å². The van der Waals surface area contributed by atoms with Crippen LogP contribution >= 0.6 is 15.9 Å². The van der Waals surface area contributed by atoms with Crippen molar-refractivity contribution in [1.82, 2.24) is 5.32 Å². The van der Waals surface area contributed by atoms with Gasteiger partial charge in [0.1, 0.15) is 0 Å². The molecular formula is C30H50BrNO2. The van der Waals surface area contributed by atoms with E-state index in [2.05, 4.69) is 55.0 Å². The van der Waals surface area contributed by atoms with Crippen molar-refractivity contribution < 1.29 is 9.90 Å². The minimum Gasteiger partial charge on any atom is -0.393 e. The fourth-order valence-corrected chi connectivity index (χ4v) is 9.48. The highest BCUT2D eigenvalue weighted by atomic mass is 79.9. The Labute approximate surface area is 217 Å². The first-order valence-corrected chi connectivity index (χ1v) is 15.5. The molecule has 194 valence electrons. The number of carbonyl (C=O) groups excluding carboxylic acids is 1. The number of nitrogens with one attached hydrogen (secondary N) is 1. The van der Waals surface area contributed by atoms with Crippen LogP contribution in [0.5, 0.6) is 0 Å². The second kappa shape index (κ2) is 11.0. The van der Waals surface area contributed by atoms with Crippen LogP contribution in [-0.4, -0.2) is 29.0 Å². The van der Waals surface area contributed by atoms with Crippen LogP contribution in [-0.2, 0) is 4.79 Å². The maximum absolute atomic E-state index is 12.0. The summed E-state index contributed by atoms with van der Waals surface area (Å²) in [5, 5.41) is 14.1. The Hall–Kier alpha value is -0.350. The van der Waals surface area contributed by atoms with Gasteiger partial charge in [0, 0.05) is 18.3 Å². The Morgan fingerprint density at radius 1 is 1.15 bits per heavy atom. The van der Waals surface area contributed by atoms with Gasteiger partial charge in [-0.15, -0.1) is 0 Å². The van der Waals surface area contributed by atoms with Gasteiger partial charge in [-0.1, -0.05) is 74.5 Å². The number of halogens is 1. The minimum absolute atomic E-state index is 0.104. The SMILES string of the molecule is CC(CCC[C@@H](C)[C@H]1CC[C@H]2[C@@H]3CC=C4C[C@@H](O)CC[C@]4(C)[C@H]3CC[C@]12C)CC(=O)NCCBr. The van der Waals surface area contributed by atoms with Crippen LogP contribution in [0.2, 0.25) is 0 Å². The van der Waals surface area contributed by atoms with Crippen molar-refractivity contribution in [1.29, 1.82) is 0 Å². The molecule has 2 N–H and O–H groups in total. The third-order valence-corrected chi connectivity index (χ3v) is 11.5. The van der Waals surface area contributed by atoms with Gasteiger partial charge >= 0.3 is 0 Å². The van der Waals surface area contributed by atoms with Crippen molar-refractivity contribution in [3.63, 3.8) is 0 Å². The Morgan fingerprint density at radius 2 is 1.94 bits per heavy atom. The normalized spacial score (nSPS) is 41.0. The van der Waals surface area contributed by atoms with E-state index in [1.54, 1.807) is 5.57 Å². The molecule has 4 aliphatic carbocycles. The van der Waals surface area contributed by atoms with Gasteiger partial charge in [-0.05, 0) is 97.7 Å². The molecule has 0 aromatic rings. The molecule has 3 fully saturated rings. The van der Waals surface area contributed by atoms with Gasteiger partial charge in [-0.2, -0.15) is 0 Å². The van der Waals surface area contributed by atoms with E-state index >= 15 is 0 Å². The highest BCUT2D eigenvalue weighted by Gasteiger charge is 2.59. The average molecular weight is 537 g/mol. The molecule has 1 amide bonds. The van der Waals surface area contributed by atoms with Crippen LogP contribution in [0.15, 0.2) is 11.6 Å². The lowest BCUT2D eigenvalue weighted by molar-refractivity contribution is -0.121. The summed E-state index contributed by atoms with van der Waals surface area (Å²) < 4.78 is 0. The standard InChI is InChI=1S/C30H50BrNO2/c1-20(18-28(34)32-17-16-31)6-5-7-21(2)25-10-11-26-24-9-8-22-19-23(33)12-14-29(22,3)27(24)13-15-30(25,26)4/h8,20-21,23-27,33H,5-7,9-19H2,1-4H3,(H,32,34)/t20?,21-,23+,24+,25-,26+,27+,29+,30-/m1/s1. The van der Waals surface area contributed by atoms with Gasteiger partial charge in [0.15, 0.2) is 0 Å². The molecule has 0 radical (unpaired) electrons. The van der Waals surface area contributed by atoms with E-state index in [1.807, 2.05) is 0 Å². The number of aliphatic hydroxyl groups is 1. The number of aliphatic hydroxyl groups excluding tert-OH is 1. The van der Waals surface area contributed by atoms with Crippen LogP contribution in [0, 0.1) is 46.3 Å². The molecule has 0 spiro atoms. The molecule has 4 rings (SSSR count). The van der Waals surface area contributed by atoms with Crippen LogP contribution in [0.4, 0.5) is 0 Å². The number of rotatable bonds is 9. The predicted molar refractivity (Wildman–Crippen MR) is 145 cm³/mol. The summed E-state index contributed by atoms with van der Waals surface area (Å²) in [6.45, 7) is 10.7. The van der Waals surface area contributed by atoms with Crippen molar-refractivity contribution >= 4 is 21.8 Å². The number of amides is 1. The Balaban J connectivity index is 1.32. The maximum atomic E-state index is 12.0. The zero-order chi connectivity index (χ0) is 24.5. The number of hydrogen-bond acceptors (Lipinski definition) is 2. The molecule has 3 nitrogen and oxygen atoms in total. The van der Waals surface area contributed by atoms with E-state index in [0.717, 1.165) is 54.3 Å². The van der Waals surface area contributed by atoms with Crippen molar-refractivity contribution in [2.24, 2.45) is 46.3 Å². The summed E-state index contributed by atoms with van der Waals surface area (Å²) in [6.07, 6.45) is 16.9. The molecule has 9 atom stereocenters. The van der Waals surface area contributed by atoms with E-state index in [4.69, 9.17) is 0 Å². The molecular weight excluding hydrogens is 486 g/mol. The Bertz CT molecular complexity index is 752. The average Bonchev–Trinajstić information content (AvgIpc) is 3.15. The van der Waals surface area contributed by atoms with Crippen molar-refractivity contribution in [2.75, 3.05) is 11.9 Å². The summed E-state index contributed by atoms with van der Waals surface area (Å²) in [7, 11) is 0. The molecule has 0 heterocycles. The van der Waals surface area contributed by atoms with Crippen LogP contribution in [0.25, 0.3) is 0 Å². The number of allylic oxidation sites excluding steroid dienone is 1. The van der Waals surface area contributed by atoms with E-state index in [0.29, 0.717) is 23.2 Å². The molecule has 0 aliphatic heterocycles. The zero-order valence-electron chi connectivity index (χ0n) is 22.3. The number of alkyl halides is 1. The molecule has 4 aliphatic rings. The lowest BCUT2D eigenvalue weighted by Crippen LogP contribution is -2.50. The Morgan fingerprint density at radius 3 is 2.71 bits per heavy atom. The molecule has 0 aromatic heterocycles. The van der Waals surface area contributed by atoms with Gasteiger partial charge in [0.2, 0.25) is 5.91 Å². The minimum atomic E-state index is -0.104. The number of hydrogen-bond donors (Lipinski definition) is 2. The summed E-state index contributed by atoms with van der Waals surface area (Å²) in [5.74, 6) is 4.91. The molecule has 34 heavy (non-hydrogen) atoms. The first kappa shape index (κ1) is 26.7. The van der Waals surface area contributed by atoms with Crippen LogP contribution in [0.3, 0.4) is 0 Å². The highest BCUT2D eigenvalue weighted by molar-refractivity contribution is 9.09. The summed E-state index contributed by atoms with van der Waals surface area (Å²) in [6, 6.07) is 0. The summed E-state index contributed by atoms with van der Waals surface area (Å²) in [5.41, 5.74) is 2.45. The van der Waals surface area contributed by atoms with Gasteiger partial charge in [0.25, 0.3) is 0 Å². The molecule has 0 bridgehead atoms. The summed E-state index contributed by atoms with van der Waals surface area (Å²) >= 11 is 3.37. The second-order valence-corrected chi connectivity index (χ2v) is 13.9. The third-order valence-electron chi connectivity index (χ3n) is 11.1. The number of fused-ring (bicyclic) bond motifs is 5. The van der Waals surface area contributed by atoms with E-state index in [1.165, 1.54) is 57.8 Å². The largest absolute Gasteiger partial charge is 0.393 e. The van der Waals surface area contributed by atoms with Crippen molar-refractivity contribution in [3.05, 3.63) is 11.6 Å². The van der Waals surface area contributed by atoms with Crippen molar-refractivity contribution in [3.8, 4) is 0 Å². The fourth-order valence-electron chi connectivity index (χ4n) is 9.28. The second-order valence-electron chi connectivity index (χ2n) is 13.1. The number of carbonyl (C=O) groups is 1. The predicted octanol–water partition coefficient (Wildman–Crippen LogP) is 7.27. The Kier molecular flexibility index (Phi) is 8.60. The van der Waals surface area contributed by atoms with Gasteiger partial charge in [0.05, 0.1) is 6.10 Å².